The summed E-state index contributed by atoms with van der Waals surface area (Å²) in [6, 6.07) is 6.44. The molecule has 84 valence electrons. The van der Waals surface area contributed by atoms with Crippen molar-refractivity contribution in [3.05, 3.63) is 29.6 Å². The van der Waals surface area contributed by atoms with Crippen molar-refractivity contribution in [3.63, 3.8) is 0 Å². The highest BCUT2D eigenvalue weighted by Gasteiger charge is 2.05. The third kappa shape index (κ3) is 4.03. The molecule has 15 heavy (non-hydrogen) atoms. The number of pyridine rings is 1. The molecule has 0 aromatic carbocycles. The molecule has 0 aliphatic carbocycles. The molecule has 0 aliphatic heterocycles. The molecule has 1 aromatic rings. The summed E-state index contributed by atoms with van der Waals surface area (Å²) in [4.78, 5) is 4.72. The van der Waals surface area contributed by atoms with Crippen LogP contribution in [0.1, 0.15) is 57.8 Å². The van der Waals surface area contributed by atoms with E-state index in [1.54, 1.807) is 0 Å². The maximum atomic E-state index is 4.72. The number of aromatic nitrogens is 1. The van der Waals surface area contributed by atoms with Gasteiger partial charge >= 0.3 is 0 Å². The second-order valence-corrected chi connectivity index (χ2v) is 4.80. The minimum absolute atomic E-state index is 0.587. The molecule has 0 spiro atoms. The van der Waals surface area contributed by atoms with Gasteiger partial charge in [-0.05, 0) is 43.2 Å². The molecule has 0 bridgehead atoms. The molecule has 0 radical (unpaired) electrons. The first-order valence-electron chi connectivity index (χ1n) is 6.09. The summed E-state index contributed by atoms with van der Waals surface area (Å²) >= 11 is 0. The normalized spacial score (nSPS) is 13.1. The highest BCUT2D eigenvalue weighted by molar-refractivity contribution is 5.14. The van der Waals surface area contributed by atoms with Crippen LogP contribution in [-0.2, 0) is 6.42 Å². The van der Waals surface area contributed by atoms with Crippen molar-refractivity contribution in [2.75, 3.05) is 0 Å². The van der Waals surface area contributed by atoms with Crippen molar-refractivity contribution >= 4 is 0 Å². The first-order valence-corrected chi connectivity index (χ1v) is 6.09. The first kappa shape index (κ1) is 12.2. The topological polar surface area (TPSA) is 12.9 Å². The fourth-order valence-electron chi connectivity index (χ4n) is 1.56. The summed E-state index contributed by atoms with van der Waals surface area (Å²) in [6.45, 7) is 8.98. The molecule has 1 nitrogen and oxygen atoms in total. The summed E-state index contributed by atoms with van der Waals surface area (Å²) < 4.78 is 0. The Morgan fingerprint density at radius 1 is 1.20 bits per heavy atom. The first-order chi connectivity index (χ1) is 7.13. The van der Waals surface area contributed by atoms with E-state index in [9.17, 15) is 0 Å². The van der Waals surface area contributed by atoms with Crippen LogP contribution in [0.5, 0.6) is 0 Å². The van der Waals surface area contributed by atoms with Gasteiger partial charge in [-0.25, -0.2) is 0 Å². The van der Waals surface area contributed by atoms with E-state index in [1.807, 2.05) is 0 Å². The van der Waals surface area contributed by atoms with Crippen LogP contribution >= 0.6 is 0 Å². The molecule has 0 fully saturated rings. The Bertz CT molecular complexity index is 291. The molecule has 0 N–H and O–H groups in total. The molecule has 1 heteroatoms. The van der Waals surface area contributed by atoms with Crippen molar-refractivity contribution in [3.8, 4) is 0 Å². The van der Waals surface area contributed by atoms with Crippen molar-refractivity contribution in [1.29, 1.82) is 0 Å². The van der Waals surface area contributed by atoms with E-state index in [4.69, 9.17) is 4.98 Å². The summed E-state index contributed by atoms with van der Waals surface area (Å²) in [5.41, 5.74) is 2.50. The zero-order valence-electron chi connectivity index (χ0n) is 10.5. The van der Waals surface area contributed by atoms with Crippen LogP contribution in [0.15, 0.2) is 18.2 Å². The molecular weight excluding hydrogens is 182 g/mol. The van der Waals surface area contributed by atoms with E-state index in [0.717, 1.165) is 12.3 Å². The van der Waals surface area contributed by atoms with E-state index >= 15 is 0 Å². The highest BCUT2D eigenvalue weighted by atomic mass is 14.7. The Kier molecular flexibility index (Phi) is 4.80. The standard InChI is InChI=1S/C14H23N/c1-5-12(4)14-8-6-7-13(15-14)10-9-11(2)3/h6-8,11-12H,5,9-10H2,1-4H3/t12-/m1/s1. The Morgan fingerprint density at radius 2 is 1.93 bits per heavy atom. The molecule has 0 saturated carbocycles. The van der Waals surface area contributed by atoms with Gasteiger partial charge in [-0.2, -0.15) is 0 Å². The van der Waals surface area contributed by atoms with Crippen LogP contribution in [0.2, 0.25) is 0 Å². The molecule has 1 aromatic heterocycles. The molecular formula is C14H23N. The van der Waals surface area contributed by atoms with Gasteiger partial charge in [0, 0.05) is 11.4 Å². The molecule has 0 saturated heterocycles. The van der Waals surface area contributed by atoms with E-state index in [1.165, 1.54) is 24.2 Å². The lowest BCUT2D eigenvalue weighted by molar-refractivity contribution is 0.578. The average molecular weight is 205 g/mol. The number of hydrogen-bond donors (Lipinski definition) is 0. The second kappa shape index (κ2) is 5.89. The molecule has 1 rings (SSSR count). The fraction of sp³-hybridized carbons (Fsp3) is 0.643. The van der Waals surface area contributed by atoms with Crippen LogP contribution in [-0.4, -0.2) is 4.98 Å². The molecule has 0 unspecified atom stereocenters. The lowest BCUT2D eigenvalue weighted by Gasteiger charge is -2.10. The van der Waals surface area contributed by atoms with Gasteiger partial charge in [0.25, 0.3) is 0 Å². The van der Waals surface area contributed by atoms with Crippen LogP contribution in [0.3, 0.4) is 0 Å². The van der Waals surface area contributed by atoms with Crippen molar-refractivity contribution in [2.45, 2.75) is 52.9 Å². The summed E-state index contributed by atoms with van der Waals surface area (Å²) in [5.74, 6) is 1.35. The van der Waals surface area contributed by atoms with E-state index < -0.39 is 0 Å². The quantitative estimate of drug-likeness (QED) is 0.702. The van der Waals surface area contributed by atoms with Gasteiger partial charge < -0.3 is 0 Å². The smallest absolute Gasteiger partial charge is 0.0434 e. The van der Waals surface area contributed by atoms with E-state index in [2.05, 4.69) is 45.9 Å². The summed E-state index contributed by atoms with van der Waals surface area (Å²) in [6.07, 6.45) is 3.51. The van der Waals surface area contributed by atoms with Crippen molar-refractivity contribution < 1.29 is 0 Å². The minimum Gasteiger partial charge on any atom is -0.258 e. The second-order valence-electron chi connectivity index (χ2n) is 4.80. The number of hydrogen-bond acceptors (Lipinski definition) is 1. The lowest BCUT2D eigenvalue weighted by Crippen LogP contribution is -2.00. The SMILES string of the molecule is CC[C@@H](C)c1cccc(CCC(C)C)n1. The van der Waals surface area contributed by atoms with Gasteiger partial charge in [0.15, 0.2) is 0 Å². The average Bonchev–Trinajstić information content (AvgIpc) is 2.25. The zero-order chi connectivity index (χ0) is 11.3. The van der Waals surface area contributed by atoms with Gasteiger partial charge in [-0.3, -0.25) is 4.98 Å². The predicted molar refractivity (Wildman–Crippen MR) is 66.1 cm³/mol. The molecule has 1 heterocycles. The summed E-state index contributed by atoms with van der Waals surface area (Å²) in [5, 5.41) is 0. The third-order valence-corrected chi connectivity index (χ3v) is 2.92. The Hall–Kier alpha value is -0.850. The van der Waals surface area contributed by atoms with Crippen LogP contribution in [0.25, 0.3) is 0 Å². The van der Waals surface area contributed by atoms with E-state index in [0.29, 0.717) is 5.92 Å². The monoisotopic (exact) mass is 205 g/mol. The molecule has 0 aliphatic rings. The molecule has 0 amide bonds. The number of rotatable bonds is 5. The zero-order valence-corrected chi connectivity index (χ0v) is 10.5. The maximum absolute atomic E-state index is 4.72. The van der Waals surface area contributed by atoms with Crippen molar-refractivity contribution in [2.24, 2.45) is 5.92 Å². The lowest BCUT2D eigenvalue weighted by atomic mass is 10.0. The Balaban J connectivity index is 2.65. The van der Waals surface area contributed by atoms with Crippen LogP contribution < -0.4 is 0 Å². The summed E-state index contributed by atoms with van der Waals surface area (Å²) in [7, 11) is 0. The maximum Gasteiger partial charge on any atom is 0.0434 e. The minimum atomic E-state index is 0.587. The Labute approximate surface area is 93.9 Å². The Morgan fingerprint density at radius 3 is 2.53 bits per heavy atom. The van der Waals surface area contributed by atoms with Gasteiger partial charge in [0.2, 0.25) is 0 Å². The van der Waals surface area contributed by atoms with Crippen molar-refractivity contribution in [1.82, 2.24) is 4.98 Å². The molecule has 1 atom stereocenters. The van der Waals surface area contributed by atoms with Gasteiger partial charge in [-0.15, -0.1) is 0 Å². The van der Waals surface area contributed by atoms with Gasteiger partial charge in [-0.1, -0.05) is 33.8 Å². The van der Waals surface area contributed by atoms with Gasteiger partial charge in [0.1, 0.15) is 0 Å². The van der Waals surface area contributed by atoms with Crippen LogP contribution in [0, 0.1) is 5.92 Å². The predicted octanol–water partition coefficient (Wildman–Crippen LogP) is 4.18. The van der Waals surface area contributed by atoms with Gasteiger partial charge in [0.05, 0.1) is 0 Å². The third-order valence-electron chi connectivity index (χ3n) is 2.92. The van der Waals surface area contributed by atoms with E-state index in [-0.39, 0.29) is 0 Å². The largest absolute Gasteiger partial charge is 0.258 e. The number of aryl methyl sites for hydroxylation is 1. The fourth-order valence-corrected chi connectivity index (χ4v) is 1.56. The highest BCUT2D eigenvalue weighted by Crippen LogP contribution is 2.17. The van der Waals surface area contributed by atoms with Crippen LogP contribution in [0.4, 0.5) is 0 Å². The number of nitrogens with zero attached hydrogens (tertiary/aromatic N) is 1.